The van der Waals surface area contributed by atoms with E-state index in [0.29, 0.717) is 33.0 Å². The first-order valence-corrected chi connectivity index (χ1v) is 9.89. The van der Waals surface area contributed by atoms with Gasteiger partial charge in [0, 0.05) is 5.69 Å². The molecule has 0 saturated heterocycles. The highest BCUT2D eigenvalue weighted by atomic mass is 35.5. The van der Waals surface area contributed by atoms with Crippen molar-refractivity contribution in [3.8, 4) is 11.5 Å². The number of carbonyl (C=O) groups is 1. The van der Waals surface area contributed by atoms with Crippen molar-refractivity contribution in [2.24, 2.45) is 0 Å². The Balaban J connectivity index is 1.79. The molecule has 5 rings (SSSR count). The second-order valence-corrected chi connectivity index (χ2v) is 7.57. The number of phenols is 1. The predicted octanol–water partition coefficient (Wildman–Crippen LogP) is 4.91. The molecule has 0 radical (unpaired) electrons. The number of methoxy groups -OCH3 is 1. The minimum atomic E-state index is -0.742. The summed E-state index contributed by atoms with van der Waals surface area (Å²) in [7, 11) is 1.51. The molecule has 1 N–H and O–H groups in total. The fourth-order valence-electron chi connectivity index (χ4n) is 3.96. The van der Waals surface area contributed by atoms with Crippen molar-refractivity contribution in [3.63, 3.8) is 0 Å². The largest absolute Gasteiger partial charge is 0.508 e. The van der Waals surface area contributed by atoms with Crippen molar-refractivity contribution in [2.75, 3.05) is 12.0 Å². The van der Waals surface area contributed by atoms with Crippen LogP contribution < -0.4 is 15.1 Å². The molecule has 1 aromatic heterocycles. The number of phenolic OH excluding ortho intramolecular Hbond substituents is 1. The molecular weight excluding hydrogens is 418 g/mol. The minimum Gasteiger partial charge on any atom is -0.508 e. The number of amides is 1. The number of nitrogens with zero attached hydrogens (tertiary/aromatic N) is 1. The van der Waals surface area contributed by atoms with E-state index >= 15 is 0 Å². The molecule has 6 nitrogen and oxygen atoms in total. The molecule has 1 aliphatic heterocycles. The first-order valence-electron chi connectivity index (χ1n) is 9.51. The highest BCUT2D eigenvalue weighted by molar-refractivity contribution is 6.32. The molecule has 0 fully saturated rings. The first kappa shape index (κ1) is 19.2. The zero-order valence-corrected chi connectivity index (χ0v) is 17.1. The molecular formula is C24H16ClNO5. The number of benzene rings is 3. The Bertz CT molecular complexity index is 1390. The molecule has 31 heavy (non-hydrogen) atoms. The topological polar surface area (TPSA) is 80.0 Å². The normalized spacial score (nSPS) is 15.4. The number of anilines is 1. The van der Waals surface area contributed by atoms with Crippen LogP contribution in [0.3, 0.4) is 0 Å². The fraction of sp³-hybridized carbons (Fsp3) is 0.0833. The van der Waals surface area contributed by atoms with Crippen LogP contribution in [-0.2, 0) is 0 Å². The van der Waals surface area contributed by atoms with Crippen molar-refractivity contribution >= 4 is 34.2 Å². The van der Waals surface area contributed by atoms with Gasteiger partial charge < -0.3 is 14.3 Å². The maximum absolute atomic E-state index is 13.5. The second-order valence-electron chi connectivity index (χ2n) is 7.16. The van der Waals surface area contributed by atoms with Crippen LogP contribution in [0.5, 0.6) is 11.5 Å². The van der Waals surface area contributed by atoms with Gasteiger partial charge in [-0.15, -0.1) is 0 Å². The number of aromatic hydroxyl groups is 1. The van der Waals surface area contributed by atoms with Gasteiger partial charge in [-0.1, -0.05) is 35.9 Å². The van der Waals surface area contributed by atoms with E-state index in [-0.39, 0.29) is 22.5 Å². The fourth-order valence-corrected chi connectivity index (χ4v) is 4.22. The lowest BCUT2D eigenvalue weighted by Crippen LogP contribution is -2.29. The van der Waals surface area contributed by atoms with E-state index in [0.717, 1.165) is 0 Å². The number of hydrogen-bond acceptors (Lipinski definition) is 5. The number of rotatable bonds is 3. The van der Waals surface area contributed by atoms with E-state index in [2.05, 4.69) is 0 Å². The summed E-state index contributed by atoms with van der Waals surface area (Å²) in [6.45, 7) is 0. The molecule has 4 aromatic rings. The Labute approximate surface area is 181 Å². The van der Waals surface area contributed by atoms with E-state index in [1.165, 1.54) is 24.1 Å². The lowest BCUT2D eigenvalue weighted by atomic mass is 9.98. The van der Waals surface area contributed by atoms with E-state index in [4.69, 9.17) is 20.8 Å². The predicted molar refractivity (Wildman–Crippen MR) is 117 cm³/mol. The van der Waals surface area contributed by atoms with Gasteiger partial charge in [0.25, 0.3) is 5.91 Å². The SMILES string of the molecule is COc1ccc(N2C(=O)c3oc4ccccc4c(=O)c3C2c2ccc(O)cc2)cc1Cl. The van der Waals surface area contributed by atoms with Crippen LogP contribution in [0.25, 0.3) is 11.0 Å². The first-order chi connectivity index (χ1) is 15.0. The smallest absolute Gasteiger partial charge is 0.295 e. The monoisotopic (exact) mass is 433 g/mol. The molecule has 0 bridgehead atoms. The van der Waals surface area contributed by atoms with E-state index in [9.17, 15) is 14.7 Å². The highest BCUT2D eigenvalue weighted by Gasteiger charge is 2.43. The summed E-state index contributed by atoms with van der Waals surface area (Å²) in [5.74, 6) is 0.0967. The number of carbonyl (C=O) groups excluding carboxylic acids is 1. The minimum absolute atomic E-state index is 0.00582. The maximum atomic E-state index is 13.5. The summed E-state index contributed by atoms with van der Waals surface area (Å²) in [5, 5.41) is 10.5. The van der Waals surface area contributed by atoms with Crippen LogP contribution in [0.1, 0.15) is 27.7 Å². The molecule has 1 aliphatic rings. The van der Waals surface area contributed by atoms with Crippen LogP contribution in [0.4, 0.5) is 5.69 Å². The lowest BCUT2D eigenvalue weighted by molar-refractivity contribution is 0.0971. The molecule has 154 valence electrons. The van der Waals surface area contributed by atoms with E-state index in [1.54, 1.807) is 54.6 Å². The molecule has 3 aromatic carbocycles. The number of ether oxygens (including phenoxy) is 1. The van der Waals surface area contributed by atoms with Gasteiger partial charge in [-0.05, 0) is 48.0 Å². The van der Waals surface area contributed by atoms with Gasteiger partial charge >= 0.3 is 0 Å². The van der Waals surface area contributed by atoms with Gasteiger partial charge in [0.15, 0.2) is 5.43 Å². The third kappa shape index (κ3) is 2.95. The average molecular weight is 434 g/mol. The summed E-state index contributed by atoms with van der Waals surface area (Å²) in [5.41, 5.74) is 1.47. The molecule has 1 amide bonds. The van der Waals surface area contributed by atoms with Gasteiger partial charge in [0.2, 0.25) is 5.76 Å². The Hall–Kier alpha value is -3.77. The lowest BCUT2D eigenvalue weighted by Gasteiger charge is -2.25. The van der Waals surface area contributed by atoms with Crippen molar-refractivity contribution < 1.29 is 19.1 Å². The highest BCUT2D eigenvalue weighted by Crippen LogP contribution is 2.43. The Morgan fingerprint density at radius 1 is 1.03 bits per heavy atom. The van der Waals surface area contributed by atoms with Gasteiger partial charge in [0.05, 0.1) is 29.1 Å². The van der Waals surface area contributed by atoms with E-state index < -0.39 is 11.9 Å². The zero-order chi connectivity index (χ0) is 21.7. The third-order valence-electron chi connectivity index (χ3n) is 5.40. The number of para-hydroxylation sites is 1. The molecule has 0 spiro atoms. The van der Waals surface area contributed by atoms with Gasteiger partial charge in [-0.3, -0.25) is 14.5 Å². The van der Waals surface area contributed by atoms with Crippen LogP contribution in [0.2, 0.25) is 5.02 Å². The van der Waals surface area contributed by atoms with Crippen molar-refractivity contribution in [1.82, 2.24) is 0 Å². The van der Waals surface area contributed by atoms with Crippen molar-refractivity contribution in [3.05, 3.63) is 98.9 Å². The summed E-state index contributed by atoms with van der Waals surface area (Å²) >= 11 is 6.32. The Morgan fingerprint density at radius 3 is 2.48 bits per heavy atom. The van der Waals surface area contributed by atoms with Gasteiger partial charge in [-0.25, -0.2) is 0 Å². The molecule has 1 unspecified atom stereocenters. The molecule has 0 saturated carbocycles. The summed E-state index contributed by atoms with van der Waals surface area (Å²) in [4.78, 5) is 28.4. The van der Waals surface area contributed by atoms with Gasteiger partial charge in [-0.2, -0.15) is 0 Å². The average Bonchev–Trinajstić information content (AvgIpc) is 3.07. The summed E-state index contributed by atoms with van der Waals surface area (Å²) in [6.07, 6.45) is 0. The standard InChI is InChI=1S/C24H16ClNO5/c1-30-19-11-8-14(12-17(19)25)26-21(13-6-9-15(27)10-7-13)20-22(28)16-4-2-3-5-18(16)31-23(20)24(26)29/h2-12,21,27H,1H3. The van der Waals surface area contributed by atoms with E-state index in [1.807, 2.05) is 0 Å². The maximum Gasteiger partial charge on any atom is 0.295 e. The molecule has 1 atom stereocenters. The van der Waals surface area contributed by atoms with Crippen LogP contribution in [-0.4, -0.2) is 18.1 Å². The van der Waals surface area contributed by atoms with Crippen molar-refractivity contribution in [2.45, 2.75) is 6.04 Å². The summed E-state index contributed by atoms with van der Waals surface area (Å²) in [6, 6.07) is 17.4. The quantitative estimate of drug-likeness (QED) is 0.496. The van der Waals surface area contributed by atoms with Crippen molar-refractivity contribution in [1.29, 1.82) is 0 Å². The Kier molecular flexibility index (Phi) is 4.45. The second kappa shape index (κ2) is 7.18. The number of hydrogen-bond donors (Lipinski definition) is 1. The molecule has 2 heterocycles. The Morgan fingerprint density at radius 2 is 1.77 bits per heavy atom. The molecule has 0 aliphatic carbocycles. The number of halogens is 1. The van der Waals surface area contributed by atoms with Crippen LogP contribution >= 0.6 is 11.6 Å². The summed E-state index contributed by atoms with van der Waals surface area (Å²) < 4.78 is 11.1. The number of fused-ring (bicyclic) bond motifs is 2. The van der Waals surface area contributed by atoms with Gasteiger partial charge in [0.1, 0.15) is 17.1 Å². The van der Waals surface area contributed by atoms with Crippen LogP contribution in [0.15, 0.2) is 75.9 Å². The zero-order valence-electron chi connectivity index (χ0n) is 16.3. The molecule has 7 heteroatoms. The van der Waals surface area contributed by atoms with Crippen LogP contribution in [0, 0.1) is 0 Å². The third-order valence-corrected chi connectivity index (χ3v) is 5.70.